The molecule has 2 saturated heterocycles. The standard InChI is InChI=1S/C32H33N9O2/c1-31(2,3)43-30(42)40-13-10-32(20-40)9-12-39(19-32)29-37-26(22-7-5-21(16-33)6-8-22)25(28-34-11-14-41(28)29)23-15-24-18-36-38(4)27(24)35-17-23/h5-8,11,14-15,17-18H,9-10,12-13,19-20H2,1-4H3. The lowest BCUT2D eigenvalue weighted by Gasteiger charge is -2.27. The number of hydrogen-bond donors (Lipinski definition) is 0. The molecule has 1 amide bonds. The third-order valence-corrected chi connectivity index (χ3v) is 8.49. The molecule has 218 valence electrons. The van der Waals surface area contributed by atoms with Crippen molar-refractivity contribution in [3.05, 3.63) is 60.7 Å². The van der Waals surface area contributed by atoms with Crippen molar-refractivity contribution in [2.24, 2.45) is 12.5 Å². The van der Waals surface area contributed by atoms with Crippen LogP contribution in [-0.2, 0) is 11.8 Å². The Morgan fingerprint density at radius 3 is 2.58 bits per heavy atom. The van der Waals surface area contributed by atoms with E-state index in [-0.39, 0.29) is 11.5 Å². The molecule has 4 aromatic heterocycles. The second kappa shape index (κ2) is 9.80. The van der Waals surface area contributed by atoms with Gasteiger partial charge in [0.1, 0.15) is 11.2 Å². The average molecular weight is 576 g/mol. The molecule has 43 heavy (non-hydrogen) atoms. The molecule has 2 fully saturated rings. The number of anilines is 1. The van der Waals surface area contributed by atoms with Crippen molar-refractivity contribution in [3.8, 4) is 28.5 Å². The van der Waals surface area contributed by atoms with Crippen LogP contribution in [0.4, 0.5) is 10.7 Å². The van der Waals surface area contributed by atoms with Gasteiger partial charge >= 0.3 is 6.09 Å². The van der Waals surface area contributed by atoms with Crippen molar-refractivity contribution < 1.29 is 9.53 Å². The number of rotatable bonds is 3. The summed E-state index contributed by atoms with van der Waals surface area (Å²) in [6, 6.07) is 11.8. The molecule has 0 bridgehead atoms. The quantitative estimate of drug-likeness (QED) is 0.293. The predicted molar refractivity (Wildman–Crippen MR) is 162 cm³/mol. The summed E-state index contributed by atoms with van der Waals surface area (Å²) in [5, 5.41) is 14.7. The Bertz CT molecular complexity index is 1910. The molecule has 0 aliphatic carbocycles. The molecule has 2 aliphatic rings. The van der Waals surface area contributed by atoms with Crippen LogP contribution in [0.2, 0.25) is 0 Å². The van der Waals surface area contributed by atoms with Gasteiger partial charge in [0.2, 0.25) is 5.95 Å². The number of carbonyl (C=O) groups is 1. The van der Waals surface area contributed by atoms with Gasteiger partial charge in [-0.05, 0) is 51.8 Å². The number of nitrogens with zero attached hydrogens (tertiary/aromatic N) is 9. The van der Waals surface area contributed by atoms with Gasteiger partial charge in [-0.1, -0.05) is 12.1 Å². The summed E-state index contributed by atoms with van der Waals surface area (Å²) in [6.45, 7) is 8.65. The summed E-state index contributed by atoms with van der Waals surface area (Å²) in [5.74, 6) is 0.804. The van der Waals surface area contributed by atoms with Crippen LogP contribution in [0.5, 0.6) is 0 Å². The highest BCUT2D eigenvalue weighted by Crippen LogP contribution is 2.43. The maximum Gasteiger partial charge on any atom is 0.410 e. The summed E-state index contributed by atoms with van der Waals surface area (Å²) < 4.78 is 9.47. The van der Waals surface area contributed by atoms with Crippen molar-refractivity contribution >= 4 is 28.7 Å². The van der Waals surface area contributed by atoms with Crippen LogP contribution in [0.25, 0.3) is 39.1 Å². The first-order chi connectivity index (χ1) is 20.6. The van der Waals surface area contributed by atoms with E-state index in [1.165, 1.54) is 0 Å². The third-order valence-electron chi connectivity index (χ3n) is 8.49. The Balaban J connectivity index is 1.30. The van der Waals surface area contributed by atoms with E-state index in [2.05, 4.69) is 26.5 Å². The number of benzene rings is 1. The average Bonchev–Trinajstić information content (AvgIpc) is 3.79. The van der Waals surface area contributed by atoms with Gasteiger partial charge in [0.25, 0.3) is 0 Å². The number of aromatic nitrogens is 6. The maximum atomic E-state index is 12.8. The van der Waals surface area contributed by atoms with Gasteiger partial charge in [-0.2, -0.15) is 10.4 Å². The van der Waals surface area contributed by atoms with Gasteiger partial charge in [-0.3, -0.25) is 9.08 Å². The van der Waals surface area contributed by atoms with Crippen molar-refractivity contribution in [1.82, 2.24) is 34.0 Å². The summed E-state index contributed by atoms with van der Waals surface area (Å²) in [4.78, 5) is 31.8. The van der Waals surface area contributed by atoms with Crippen LogP contribution < -0.4 is 4.90 Å². The largest absolute Gasteiger partial charge is 0.444 e. The fourth-order valence-electron chi connectivity index (χ4n) is 6.40. The summed E-state index contributed by atoms with van der Waals surface area (Å²) in [6.07, 6.45) is 9.04. The van der Waals surface area contributed by atoms with E-state index in [1.54, 1.807) is 10.9 Å². The predicted octanol–water partition coefficient (Wildman–Crippen LogP) is 5.05. The SMILES string of the molecule is Cn1ncc2cc(-c3c(-c4ccc(C#N)cc4)nc(N4CCC5(CCN(C(=O)OC(C)(C)C)C5)C4)n4ccnc34)cnc21. The first-order valence-corrected chi connectivity index (χ1v) is 14.5. The zero-order chi connectivity index (χ0) is 29.9. The fourth-order valence-corrected chi connectivity index (χ4v) is 6.40. The van der Waals surface area contributed by atoms with Gasteiger partial charge in [0.15, 0.2) is 5.65 Å². The Morgan fingerprint density at radius 1 is 1.02 bits per heavy atom. The highest BCUT2D eigenvalue weighted by atomic mass is 16.6. The molecule has 11 nitrogen and oxygen atoms in total. The molecule has 0 radical (unpaired) electrons. The smallest absolute Gasteiger partial charge is 0.410 e. The first kappa shape index (κ1) is 26.9. The molecular formula is C32H33N9O2. The van der Waals surface area contributed by atoms with E-state index in [0.29, 0.717) is 18.7 Å². The zero-order valence-electron chi connectivity index (χ0n) is 24.8. The number of nitriles is 1. The van der Waals surface area contributed by atoms with E-state index in [0.717, 1.165) is 70.9 Å². The van der Waals surface area contributed by atoms with Gasteiger partial charge in [-0.15, -0.1) is 0 Å². The number of hydrogen-bond acceptors (Lipinski definition) is 8. The molecule has 6 heterocycles. The number of likely N-dealkylation sites (tertiary alicyclic amines) is 1. The number of amides is 1. The number of pyridine rings is 1. The topological polar surface area (TPSA) is 117 Å². The van der Waals surface area contributed by atoms with E-state index < -0.39 is 5.60 Å². The van der Waals surface area contributed by atoms with Crippen LogP contribution in [0.1, 0.15) is 39.2 Å². The number of carbonyl (C=O) groups excluding carboxylic acids is 1. The Morgan fingerprint density at radius 2 is 1.81 bits per heavy atom. The van der Waals surface area contributed by atoms with Crippen LogP contribution in [-0.4, -0.2) is 71.9 Å². The highest BCUT2D eigenvalue weighted by Gasteiger charge is 2.46. The number of imidazole rings is 1. The van der Waals surface area contributed by atoms with Gasteiger partial charge in [-0.25, -0.2) is 19.7 Å². The van der Waals surface area contributed by atoms with Gasteiger partial charge < -0.3 is 14.5 Å². The number of aryl methyl sites for hydroxylation is 1. The van der Waals surface area contributed by atoms with E-state index in [1.807, 2.05) is 75.6 Å². The minimum Gasteiger partial charge on any atom is -0.444 e. The van der Waals surface area contributed by atoms with Gasteiger partial charge in [0, 0.05) is 73.7 Å². The van der Waals surface area contributed by atoms with Crippen molar-refractivity contribution in [1.29, 1.82) is 5.26 Å². The van der Waals surface area contributed by atoms with Gasteiger partial charge in [0.05, 0.1) is 29.1 Å². The first-order valence-electron chi connectivity index (χ1n) is 14.5. The molecule has 7 rings (SSSR count). The molecule has 0 N–H and O–H groups in total. The van der Waals surface area contributed by atoms with Crippen molar-refractivity contribution in [2.75, 3.05) is 31.1 Å². The Kier molecular flexibility index (Phi) is 6.13. The maximum absolute atomic E-state index is 12.8. The lowest BCUT2D eigenvalue weighted by atomic mass is 9.86. The summed E-state index contributed by atoms with van der Waals surface area (Å²) in [7, 11) is 1.88. The molecule has 1 aromatic carbocycles. The summed E-state index contributed by atoms with van der Waals surface area (Å²) in [5.41, 5.74) is 5.02. The second-order valence-electron chi connectivity index (χ2n) is 12.7. The summed E-state index contributed by atoms with van der Waals surface area (Å²) >= 11 is 0. The van der Waals surface area contributed by atoms with E-state index >= 15 is 0 Å². The van der Waals surface area contributed by atoms with Crippen molar-refractivity contribution in [3.63, 3.8) is 0 Å². The third kappa shape index (κ3) is 4.73. The lowest BCUT2D eigenvalue weighted by molar-refractivity contribution is 0.0276. The monoisotopic (exact) mass is 575 g/mol. The van der Waals surface area contributed by atoms with Crippen LogP contribution >= 0.6 is 0 Å². The molecule has 1 atom stereocenters. The molecule has 11 heteroatoms. The number of fused-ring (bicyclic) bond motifs is 2. The molecule has 5 aromatic rings. The molecule has 1 unspecified atom stereocenters. The fraction of sp³-hybridized carbons (Fsp3) is 0.375. The van der Waals surface area contributed by atoms with E-state index in [9.17, 15) is 10.1 Å². The second-order valence-corrected chi connectivity index (χ2v) is 12.7. The molecular weight excluding hydrogens is 542 g/mol. The molecule has 2 aliphatic heterocycles. The highest BCUT2D eigenvalue weighted by molar-refractivity contribution is 5.93. The van der Waals surface area contributed by atoms with Crippen molar-refractivity contribution in [2.45, 2.75) is 39.2 Å². The zero-order valence-corrected chi connectivity index (χ0v) is 24.8. The lowest BCUT2D eigenvalue weighted by Crippen LogP contribution is -2.38. The Labute approximate surface area is 249 Å². The minimum atomic E-state index is -0.522. The molecule has 0 saturated carbocycles. The minimum absolute atomic E-state index is 0.0198. The van der Waals surface area contributed by atoms with Crippen LogP contribution in [0.15, 0.2) is 55.1 Å². The Hall–Kier alpha value is -4.98. The van der Waals surface area contributed by atoms with Crippen LogP contribution in [0, 0.1) is 16.7 Å². The van der Waals surface area contributed by atoms with E-state index in [4.69, 9.17) is 19.7 Å². The molecule has 1 spiro atoms. The van der Waals surface area contributed by atoms with Crippen LogP contribution in [0.3, 0.4) is 0 Å². The normalized spacial score (nSPS) is 18.7. The number of ether oxygens (including phenoxy) is 1.